The van der Waals surface area contributed by atoms with Crippen molar-refractivity contribution in [3.63, 3.8) is 0 Å². The van der Waals surface area contributed by atoms with Crippen molar-refractivity contribution >= 4 is 16.5 Å². The molecule has 18 heavy (non-hydrogen) atoms. The largest absolute Gasteiger partial charge is 0.381 e. The van der Waals surface area contributed by atoms with Crippen molar-refractivity contribution < 1.29 is 9.47 Å². The maximum atomic E-state index is 5.89. The Morgan fingerprint density at radius 3 is 2.94 bits per heavy atom. The first-order valence-corrected chi connectivity index (χ1v) is 7.34. The van der Waals surface area contributed by atoms with Gasteiger partial charge in [0.15, 0.2) is 0 Å². The summed E-state index contributed by atoms with van der Waals surface area (Å²) in [6.45, 7) is 3.47. The van der Waals surface area contributed by atoms with E-state index in [-0.39, 0.29) is 0 Å². The average molecular weight is 271 g/mol. The first-order valence-electron chi connectivity index (χ1n) is 6.52. The Kier molecular flexibility index (Phi) is 5.34. The summed E-state index contributed by atoms with van der Waals surface area (Å²) in [6.07, 6.45) is 5.11. The van der Waals surface area contributed by atoms with Gasteiger partial charge in [-0.1, -0.05) is 11.3 Å². The number of methoxy groups -OCH3 is 1. The van der Waals surface area contributed by atoms with Crippen LogP contribution in [0.2, 0.25) is 0 Å². The third kappa shape index (κ3) is 3.90. The van der Waals surface area contributed by atoms with Crippen molar-refractivity contribution in [2.45, 2.75) is 51.4 Å². The van der Waals surface area contributed by atoms with E-state index in [0.29, 0.717) is 18.8 Å². The minimum atomic E-state index is 0.301. The Labute approximate surface area is 112 Å². The highest BCUT2D eigenvalue weighted by Gasteiger charge is 2.22. The van der Waals surface area contributed by atoms with Gasteiger partial charge in [0.2, 0.25) is 5.13 Å². The van der Waals surface area contributed by atoms with Gasteiger partial charge < -0.3 is 14.8 Å². The number of hydrogen-bond acceptors (Lipinski definition) is 6. The fraction of sp³-hybridized carbons (Fsp3) is 0.833. The van der Waals surface area contributed by atoms with E-state index in [9.17, 15) is 0 Å². The number of nitrogens with zero attached hydrogens (tertiary/aromatic N) is 2. The molecule has 2 atom stereocenters. The number of ether oxygens (including phenoxy) is 2. The van der Waals surface area contributed by atoms with E-state index in [2.05, 4.69) is 15.5 Å². The molecular weight excluding hydrogens is 250 g/mol. The molecule has 6 heteroatoms. The van der Waals surface area contributed by atoms with Crippen molar-refractivity contribution in [2.24, 2.45) is 0 Å². The van der Waals surface area contributed by atoms with Crippen LogP contribution < -0.4 is 5.32 Å². The van der Waals surface area contributed by atoms with Crippen LogP contribution in [0, 0.1) is 0 Å². The summed E-state index contributed by atoms with van der Waals surface area (Å²) in [7, 11) is 1.78. The van der Waals surface area contributed by atoms with E-state index in [0.717, 1.165) is 35.9 Å². The van der Waals surface area contributed by atoms with Crippen LogP contribution in [0.15, 0.2) is 0 Å². The second-order valence-corrected chi connectivity index (χ2v) is 5.55. The lowest BCUT2D eigenvalue weighted by atomic mass is 9.95. The third-order valence-corrected chi connectivity index (χ3v) is 4.00. The van der Waals surface area contributed by atoms with Gasteiger partial charge >= 0.3 is 0 Å². The first-order chi connectivity index (χ1) is 8.81. The van der Waals surface area contributed by atoms with Crippen LogP contribution in [0.5, 0.6) is 0 Å². The van der Waals surface area contributed by atoms with Gasteiger partial charge in [-0.25, -0.2) is 0 Å². The van der Waals surface area contributed by atoms with E-state index < -0.39 is 0 Å². The Bertz CT molecular complexity index is 359. The fourth-order valence-corrected chi connectivity index (χ4v) is 2.92. The summed E-state index contributed by atoms with van der Waals surface area (Å²) in [4.78, 5) is 0. The summed E-state index contributed by atoms with van der Waals surface area (Å²) in [5, 5.41) is 13.1. The van der Waals surface area contributed by atoms with Crippen LogP contribution in [-0.4, -0.2) is 36.1 Å². The molecule has 5 nitrogen and oxygen atoms in total. The minimum absolute atomic E-state index is 0.301. The predicted molar refractivity (Wildman–Crippen MR) is 71.9 cm³/mol. The van der Waals surface area contributed by atoms with Crippen molar-refractivity contribution in [2.75, 3.05) is 19.0 Å². The molecule has 0 spiro atoms. The molecular formula is C12H21N3O2S. The molecule has 0 saturated heterocycles. The van der Waals surface area contributed by atoms with Gasteiger partial charge in [0.1, 0.15) is 11.6 Å². The van der Waals surface area contributed by atoms with Gasteiger partial charge in [-0.15, -0.1) is 10.2 Å². The van der Waals surface area contributed by atoms with Gasteiger partial charge in [-0.3, -0.25) is 0 Å². The van der Waals surface area contributed by atoms with E-state index in [1.54, 1.807) is 18.4 Å². The quantitative estimate of drug-likeness (QED) is 0.861. The Hall–Kier alpha value is -0.720. The van der Waals surface area contributed by atoms with Gasteiger partial charge in [0, 0.05) is 13.7 Å². The fourth-order valence-electron chi connectivity index (χ4n) is 2.19. The molecule has 2 rings (SSSR count). The first kappa shape index (κ1) is 13.7. The van der Waals surface area contributed by atoms with Gasteiger partial charge in [0.05, 0.1) is 12.2 Å². The van der Waals surface area contributed by atoms with Gasteiger partial charge in [-0.2, -0.15) is 0 Å². The molecule has 1 N–H and O–H groups in total. The molecule has 0 radical (unpaired) electrons. The van der Waals surface area contributed by atoms with Crippen molar-refractivity contribution in [1.29, 1.82) is 0 Å². The summed E-state index contributed by atoms with van der Waals surface area (Å²) in [5.41, 5.74) is 0. The van der Waals surface area contributed by atoms with Crippen molar-refractivity contribution in [3.8, 4) is 0 Å². The summed E-state index contributed by atoms with van der Waals surface area (Å²) in [5.74, 6) is 0. The average Bonchev–Trinajstić information content (AvgIpc) is 2.85. The predicted octanol–water partition coefficient (Wildman–Crippen LogP) is 2.44. The molecule has 1 aromatic heterocycles. The number of rotatable bonds is 6. The Morgan fingerprint density at radius 2 is 2.17 bits per heavy atom. The molecule has 0 aliphatic heterocycles. The molecule has 1 aliphatic carbocycles. The summed E-state index contributed by atoms with van der Waals surface area (Å²) < 4.78 is 11.3. The molecule has 1 heterocycles. The summed E-state index contributed by atoms with van der Waals surface area (Å²) >= 11 is 1.56. The van der Waals surface area contributed by atoms with Gasteiger partial charge in [0.25, 0.3) is 0 Å². The highest BCUT2D eigenvalue weighted by atomic mass is 32.1. The molecule has 1 aliphatic rings. The smallest absolute Gasteiger partial charge is 0.205 e. The zero-order valence-corrected chi connectivity index (χ0v) is 11.8. The number of hydrogen-bond donors (Lipinski definition) is 1. The van der Waals surface area contributed by atoms with Gasteiger partial charge in [-0.05, 0) is 32.6 Å². The lowest BCUT2D eigenvalue weighted by Gasteiger charge is -2.27. The van der Waals surface area contributed by atoms with E-state index in [1.165, 1.54) is 6.42 Å². The third-order valence-electron chi connectivity index (χ3n) is 3.15. The van der Waals surface area contributed by atoms with Crippen LogP contribution in [-0.2, 0) is 16.1 Å². The lowest BCUT2D eigenvalue weighted by molar-refractivity contribution is -0.0364. The van der Waals surface area contributed by atoms with Crippen molar-refractivity contribution in [1.82, 2.24) is 10.2 Å². The number of anilines is 1. The van der Waals surface area contributed by atoms with Crippen LogP contribution >= 0.6 is 11.3 Å². The minimum Gasteiger partial charge on any atom is -0.381 e. The lowest BCUT2D eigenvalue weighted by Crippen LogP contribution is -2.27. The monoisotopic (exact) mass is 271 g/mol. The summed E-state index contributed by atoms with van der Waals surface area (Å²) in [6, 6.07) is 0. The zero-order valence-electron chi connectivity index (χ0n) is 11.0. The number of nitrogens with one attached hydrogen (secondary N) is 1. The SMILES string of the molecule is CCNc1nnc(COC2CCCC(OC)C2)s1. The molecule has 0 amide bonds. The van der Waals surface area contributed by atoms with Crippen molar-refractivity contribution in [3.05, 3.63) is 5.01 Å². The van der Waals surface area contributed by atoms with Crippen LogP contribution in [0.4, 0.5) is 5.13 Å². The van der Waals surface area contributed by atoms with E-state index in [1.807, 2.05) is 6.92 Å². The Morgan fingerprint density at radius 1 is 1.33 bits per heavy atom. The Balaban J connectivity index is 1.76. The maximum Gasteiger partial charge on any atom is 0.205 e. The molecule has 2 unspecified atom stereocenters. The molecule has 0 bridgehead atoms. The van der Waals surface area contributed by atoms with Crippen LogP contribution in [0.1, 0.15) is 37.6 Å². The van der Waals surface area contributed by atoms with E-state index in [4.69, 9.17) is 9.47 Å². The molecule has 102 valence electrons. The standard InChI is InChI=1S/C12H21N3O2S/c1-3-13-12-15-14-11(18-12)8-17-10-6-4-5-9(7-10)16-2/h9-10H,3-8H2,1-2H3,(H,13,15). The molecule has 0 aromatic carbocycles. The molecule has 1 aromatic rings. The highest BCUT2D eigenvalue weighted by molar-refractivity contribution is 7.15. The molecule has 1 fully saturated rings. The second kappa shape index (κ2) is 7.01. The normalized spacial score (nSPS) is 24.1. The van der Waals surface area contributed by atoms with Crippen LogP contribution in [0.3, 0.4) is 0 Å². The highest BCUT2D eigenvalue weighted by Crippen LogP contribution is 2.24. The van der Waals surface area contributed by atoms with E-state index >= 15 is 0 Å². The van der Waals surface area contributed by atoms with Crippen LogP contribution in [0.25, 0.3) is 0 Å². The topological polar surface area (TPSA) is 56.3 Å². The molecule has 1 saturated carbocycles. The zero-order chi connectivity index (χ0) is 12.8. The number of aromatic nitrogens is 2. The maximum absolute atomic E-state index is 5.89. The second-order valence-electron chi connectivity index (χ2n) is 4.49.